The summed E-state index contributed by atoms with van der Waals surface area (Å²) in [5, 5.41) is 8.61. The molecule has 1 unspecified atom stereocenters. The SMILES string of the molecule is C=C(C(=O)O)C(C)SC(C)(C)C. The van der Waals surface area contributed by atoms with Gasteiger partial charge in [0.05, 0.1) is 0 Å². The van der Waals surface area contributed by atoms with Crippen LogP contribution in [0.2, 0.25) is 0 Å². The molecule has 0 radical (unpaired) electrons. The van der Waals surface area contributed by atoms with Gasteiger partial charge in [0.2, 0.25) is 0 Å². The summed E-state index contributed by atoms with van der Waals surface area (Å²) >= 11 is 1.61. The largest absolute Gasteiger partial charge is 0.478 e. The quantitative estimate of drug-likeness (QED) is 0.692. The number of carboxylic acids is 1. The van der Waals surface area contributed by atoms with Crippen molar-refractivity contribution in [2.24, 2.45) is 0 Å². The van der Waals surface area contributed by atoms with Gasteiger partial charge in [-0.2, -0.15) is 0 Å². The summed E-state index contributed by atoms with van der Waals surface area (Å²) in [4.78, 5) is 10.5. The highest BCUT2D eigenvalue weighted by Gasteiger charge is 2.20. The Bertz CT molecular complexity index is 191. The van der Waals surface area contributed by atoms with Crippen LogP contribution in [0, 0.1) is 0 Å². The highest BCUT2D eigenvalue weighted by Crippen LogP contribution is 2.30. The van der Waals surface area contributed by atoms with E-state index in [4.69, 9.17) is 5.11 Å². The lowest BCUT2D eigenvalue weighted by Gasteiger charge is -2.22. The Balaban J connectivity index is 4.14. The summed E-state index contributed by atoms with van der Waals surface area (Å²) in [5.41, 5.74) is 0.273. The fourth-order valence-electron chi connectivity index (χ4n) is 0.775. The highest BCUT2D eigenvalue weighted by atomic mass is 32.2. The summed E-state index contributed by atoms with van der Waals surface area (Å²) < 4.78 is 0.0812. The van der Waals surface area contributed by atoms with E-state index in [9.17, 15) is 4.79 Å². The fraction of sp³-hybridized carbons (Fsp3) is 0.667. The molecular weight excluding hydrogens is 172 g/mol. The van der Waals surface area contributed by atoms with Crippen LogP contribution in [0.15, 0.2) is 12.2 Å². The second kappa shape index (κ2) is 3.99. The van der Waals surface area contributed by atoms with E-state index < -0.39 is 5.97 Å². The van der Waals surface area contributed by atoms with Crippen molar-refractivity contribution in [2.45, 2.75) is 37.7 Å². The summed E-state index contributed by atoms with van der Waals surface area (Å²) in [6.07, 6.45) is 0. The predicted molar refractivity (Wildman–Crippen MR) is 53.6 cm³/mol. The third kappa shape index (κ3) is 4.44. The number of rotatable bonds is 3. The lowest BCUT2D eigenvalue weighted by Crippen LogP contribution is -2.18. The summed E-state index contributed by atoms with van der Waals surface area (Å²) in [5.74, 6) is -0.903. The number of aliphatic carboxylic acids is 1. The van der Waals surface area contributed by atoms with Gasteiger partial charge in [-0.3, -0.25) is 0 Å². The van der Waals surface area contributed by atoms with Crippen LogP contribution in [0.4, 0.5) is 0 Å². The third-order valence-corrected chi connectivity index (χ3v) is 2.64. The molecule has 1 atom stereocenters. The Morgan fingerprint density at radius 1 is 1.50 bits per heavy atom. The van der Waals surface area contributed by atoms with Crippen molar-refractivity contribution in [3.63, 3.8) is 0 Å². The van der Waals surface area contributed by atoms with Crippen molar-refractivity contribution in [3.05, 3.63) is 12.2 Å². The molecule has 0 aliphatic rings. The first-order chi connectivity index (χ1) is 5.24. The van der Waals surface area contributed by atoms with Gasteiger partial charge < -0.3 is 5.11 Å². The number of carbonyl (C=O) groups is 1. The van der Waals surface area contributed by atoms with Gasteiger partial charge in [0.25, 0.3) is 0 Å². The molecule has 0 aliphatic heterocycles. The molecule has 70 valence electrons. The molecule has 0 amide bonds. The van der Waals surface area contributed by atoms with Crippen LogP contribution < -0.4 is 0 Å². The average Bonchev–Trinajstić information content (AvgIpc) is 1.82. The maximum atomic E-state index is 10.5. The molecule has 0 saturated heterocycles. The van der Waals surface area contributed by atoms with E-state index in [1.54, 1.807) is 11.8 Å². The molecule has 0 aliphatic carbocycles. The van der Waals surface area contributed by atoms with Crippen molar-refractivity contribution >= 4 is 17.7 Å². The number of thioether (sulfide) groups is 1. The van der Waals surface area contributed by atoms with Crippen molar-refractivity contribution in [3.8, 4) is 0 Å². The number of carboxylic acid groups (broad SMARTS) is 1. The van der Waals surface area contributed by atoms with Gasteiger partial charge in [0.15, 0.2) is 0 Å². The van der Waals surface area contributed by atoms with Crippen molar-refractivity contribution in [2.75, 3.05) is 0 Å². The van der Waals surface area contributed by atoms with Crippen LogP contribution >= 0.6 is 11.8 Å². The maximum absolute atomic E-state index is 10.5. The van der Waals surface area contributed by atoms with Crippen molar-refractivity contribution in [1.82, 2.24) is 0 Å². The van der Waals surface area contributed by atoms with E-state index in [1.807, 2.05) is 6.92 Å². The van der Waals surface area contributed by atoms with Crippen molar-refractivity contribution in [1.29, 1.82) is 0 Å². The monoisotopic (exact) mass is 188 g/mol. The third-order valence-electron chi connectivity index (χ3n) is 1.30. The highest BCUT2D eigenvalue weighted by molar-refractivity contribution is 8.01. The van der Waals surface area contributed by atoms with Gasteiger partial charge in [-0.25, -0.2) is 4.79 Å². The minimum atomic E-state index is -0.903. The lowest BCUT2D eigenvalue weighted by molar-refractivity contribution is -0.132. The van der Waals surface area contributed by atoms with Gasteiger partial charge >= 0.3 is 5.97 Å². The predicted octanol–water partition coefficient (Wildman–Crippen LogP) is 2.55. The minimum Gasteiger partial charge on any atom is -0.478 e. The van der Waals surface area contributed by atoms with Gasteiger partial charge in [-0.15, -0.1) is 11.8 Å². The Morgan fingerprint density at radius 3 is 2.17 bits per heavy atom. The molecule has 2 nitrogen and oxygen atoms in total. The maximum Gasteiger partial charge on any atom is 0.332 e. The molecule has 3 heteroatoms. The summed E-state index contributed by atoms with van der Waals surface area (Å²) in [6.45, 7) is 11.6. The average molecular weight is 188 g/mol. The van der Waals surface area contributed by atoms with Crippen LogP contribution in [0.1, 0.15) is 27.7 Å². The van der Waals surface area contributed by atoms with Crippen LogP contribution in [-0.4, -0.2) is 21.1 Å². The van der Waals surface area contributed by atoms with Gasteiger partial charge in [0.1, 0.15) is 0 Å². The van der Waals surface area contributed by atoms with Crippen molar-refractivity contribution < 1.29 is 9.90 Å². The van der Waals surface area contributed by atoms with E-state index in [2.05, 4.69) is 27.4 Å². The first-order valence-corrected chi connectivity index (χ1v) is 4.72. The molecule has 0 saturated carbocycles. The number of hydrogen-bond donors (Lipinski definition) is 1. The van der Waals surface area contributed by atoms with E-state index in [-0.39, 0.29) is 15.6 Å². The molecule has 0 fully saturated rings. The fourth-order valence-corrected chi connectivity index (χ4v) is 2.08. The van der Waals surface area contributed by atoms with Crippen LogP contribution in [0.5, 0.6) is 0 Å². The molecule has 0 aromatic heterocycles. The molecule has 0 aromatic rings. The zero-order chi connectivity index (χ0) is 9.94. The van der Waals surface area contributed by atoms with Gasteiger partial charge in [-0.05, 0) is 6.92 Å². The molecule has 0 rings (SSSR count). The van der Waals surface area contributed by atoms with E-state index in [0.29, 0.717) is 0 Å². The second-order valence-corrected chi connectivity index (χ2v) is 5.87. The summed E-state index contributed by atoms with van der Waals surface area (Å²) in [6, 6.07) is 0. The topological polar surface area (TPSA) is 37.3 Å². The van der Waals surface area contributed by atoms with Crippen LogP contribution in [0.3, 0.4) is 0 Å². The summed E-state index contributed by atoms with van der Waals surface area (Å²) in [7, 11) is 0. The van der Waals surface area contributed by atoms with E-state index in [1.165, 1.54) is 0 Å². The molecule has 0 aromatic carbocycles. The van der Waals surface area contributed by atoms with E-state index in [0.717, 1.165) is 0 Å². The van der Waals surface area contributed by atoms with Gasteiger partial charge in [0, 0.05) is 15.6 Å². The van der Waals surface area contributed by atoms with Crippen LogP contribution in [0.25, 0.3) is 0 Å². The Morgan fingerprint density at radius 2 is 1.92 bits per heavy atom. The molecule has 12 heavy (non-hydrogen) atoms. The van der Waals surface area contributed by atoms with E-state index >= 15 is 0 Å². The van der Waals surface area contributed by atoms with Crippen LogP contribution in [-0.2, 0) is 4.79 Å². The Hall–Kier alpha value is -0.440. The lowest BCUT2D eigenvalue weighted by atomic mass is 10.2. The normalized spacial score (nSPS) is 14.0. The second-order valence-electron chi connectivity index (χ2n) is 3.70. The molecule has 0 heterocycles. The Labute approximate surface area is 78.0 Å². The minimum absolute atomic E-state index is 0.0255. The number of hydrogen-bond acceptors (Lipinski definition) is 2. The molecule has 0 bridgehead atoms. The first-order valence-electron chi connectivity index (χ1n) is 3.84. The zero-order valence-corrected chi connectivity index (χ0v) is 8.86. The molecule has 1 N–H and O–H groups in total. The standard InChI is InChI=1S/C9H16O2S/c1-6(8(10)11)7(2)12-9(3,4)5/h7H,1H2,2-5H3,(H,10,11). The molecular formula is C9H16O2S. The van der Waals surface area contributed by atoms with Gasteiger partial charge in [-0.1, -0.05) is 27.4 Å². The zero-order valence-electron chi connectivity index (χ0n) is 8.05. The Kier molecular flexibility index (Phi) is 3.84. The first kappa shape index (κ1) is 11.6. The smallest absolute Gasteiger partial charge is 0.332 e. The molecule has 0 spiro atoms.